The van der Waals surface area contributed by atoms with Gasteiger partial charge in [0.15, 0.2) is 0 Å². The number of H-pyrrole nitrogens is 1. The molecule has 2 atom stereocenters. The highest BCUT2D eigenvalue weighted by molar-refractivity contribution is 5.83. The van der Waals surface area contributed by atoms with E-state index in [1.165, 1.54) is 11.2 Å². The van der Waals surface area contributed by atoms with Crippen molar-refractivity contribution in [1.29, 1.82) is 0 Å². The molecule has 0 saturated carbocycles. The van der Waals surface area contributed by atoms with Gasteiger partial charge in [0.1, 0.15) is 6.04 Å². The molecular weight excluding hydrogens is 272 g/mol. The predicted octanol–water partition coefficient (Wildman–Crippen LogP) is 1.22. The van der Waals surface area contributed by atoms with Crippen LogP contribution in [0.25, 0.3) is 0 Å². The van der Waals surface area contributed by atoms with E-state index in [0.29, 0.717) is 18.4 Å². The zero-order valence-corrected chi connectivity index (χ0v) is 12.6. The van der Waals surface area contributed by atoms with Crippen LogP contribution < -0.4 is 5.32 Å². The number of imidazole rings is 1. The van der Waals surface area contributed by atoms with Crippen LogP contribution >= 0.6 is 0 Å². The van der Waals surface area contributed by atoms with Crippen LogP contribution in [-0.4, -0.2) is 44.6 Å². The molecule has 2 heterocycles. The van der Waals surface area contributed by atoms with E-state index in [9.17, 15) is 14.7 Å². The molecular formula is C14H22N4O3. The number of rotatable bonds is 4. The summed E-state index contributed by atoms with van der Waals surface area (Å²) in [5, 5.41) is 12.2. The summed E-state index contributed by atoms with van der Waals surface area (Å²) in [7, 11) is 0. The van der Waals surface area contributed by atoms with Crippen molar-refractivity contribution in [2.45, 2.75) is 39.8 Å². The normalized spacial score (nSPS) is 19.2. The molecule has 7 nitrogen and oxygen atoms in total. The number of carboxylic acid groups (broad SMARTS) is 1. The smallest absolute Gasteiger partial charge is 0.326 e. The van der Waals surface area contributed by atoms with Crippen LogP contribution in [0.1, 0.15) is 32.2 Å². The molecule has 0 spiro atoms. The van der Waals surface area contributed by atoms with Crippen molar-refractivity contribution < 1.29 is 14.7 Å². The maximum Gasteiger partial charge on any atom is 0.326 e. The highest BCUT2D eigenvalue weighted by Gasteiger charge is 2.35. The lowest BCUT2D eigenvalue weighted by molar-refractivity contribution is -0.142. The zero-order chi connectivity index (χ0) is 15.6. The summed E-state index contributed by atoms with van der Waals surface area (Å²) in [6, 6.07) is -1.20. The number of aromatic nitrogens is 2. The molecule has 1 aromatic rings. The summed E-state index contributed by atoms with van der Waals surface area (Å²) in [6.07, 6.45) is 1.77. The van der Waals surface area contributed by atoms with Crippen LogP contribution in [0.3, 0.4) is 0 Å². The Morgan fingerprint density at radius 2 is 2.24 bits per heavy atom. The Bertz CT molecular complexity index is 526. The lowest BCUT2D eigenvalue weighted by atomic mass is 9.98. The van der Waals surface area contributed by atoms with E-state index < -0.39 is 12.0 Å². The number of aliphatic carboxylic acids is 1. The number of nitrogens with one attached hydrogen (secondary N) is 2. The van der Waals surface area contributed by atoms with Crippen LogP contribution in [0.5, 0.6) is 0 Å². The van der Waals surface area contributed by atoms with Gasteiger partial charge in [-0.05, 0) is 11.8 Å². The minimum Gasteiger partial charge on any atom is -0.480 e. The fourth-order valence-electron chi connectivity index (χ4n) is 2.26. The summed E-state index contributed by atoms with van der Waals surface area (Å²) in [5.74, 6) is -0.207. The molecule has 1 aliphatic heterocycles. The van der Waals surface area contributed by atoms with Crippen molar-refractivity contribution in [3.05, 3.63) is 17.7 Å². The van der Waals surface area contributed by atoms with Gasteiger partial charge in [-0.25, -0.2) is 14.6 Å². The SMILES string of the molecule is CC(C)C(C)CNC(=O)N1Cc2[nH]cnc2CC1C(=O)O. The molecule has 0 bridgehead atoms. The third-order valence-electron chi connectivity index (χ3n) is 4.16. The molecule has 21 heavy (non-hydrogen) atoms. The molecule has 0 saturated heterocycles. The summed E-state index contributed by atoms with van der Waals surface area (Å²) in [6.45, 7) is 7.02. The molecule has 2 amide bonds. The highest BCUT2D eigenvalue weighted by atomic mass is 16.4. The predicted molar refractivity (Wildman–Crippen MR) is 76.7 cm³/mol. The summed E-state index contributed by atoms with van der Waals surface area (Å²) in [5.41, 5.74) is 1.53. The maximum atomic E-state index is 12.3. The molecule has 3 N–H and O–H groups in total. The molecule has 0 aromatic carbocycles. The Balaban J connectivity index is 2.06. The van der Waals surface area contributed by atoms with Gasteiger partial charge in [0, 0.05) is 13.0 Å². The van der Waals surface area contributed by atoms with Gasteiger partial charge < -0.3 is 20.3 Å². The van der Waals surface area contributed by atoms with Crippen LogP contribution in [-0.2, 0) is 17.8 Å². The van der Waals surface area contributed by atoms with Crippen molar-refractivity contribution in [3.63, 3.8) is 0 Å². The number of urea groups is 1. The summed E-state index contributed by atoms with van der Waals surface area (Å²) >= 11 is 0. The van der Waals surface area contributed by atoms with Gasteiger partial charge in [-0.15, -0.1) is 0 Å². The standard InChI is InChI=1S/C14H22N4O3/c1-8(2)9(3)5-15-14(21)18-6-11-10(16-7-17-11)4-12(18)13(19)20/h7-9,12H,4-6H2,1-3H3,(H,15,21)(H,16,17)(H,19,20). The molecule has 0 radical (unpaired) electrons. The van der Waals surface area contributed by atoms with Gasteiger partial charge >= 0.3 is 12.0 Å². The average Bonchev–Trinajstić information content (AvgIpc) is 2.89. The van der Waals surface area contributed by atoms with E-state index in [2.05, 4.69) is 36.1 Å². The number of aromatic amines is 1. The van der Waals surface area contributed by atoms with Gasteiger partial charge in [-0.2, -0.15) is 0 Å². The molecule has 0 fully saturated rings. The van der Waals surface area contributed by atoms with E-state index in [4.69, 9.17) is 0 Å². The van der Waals surface area contributed by atoms with Gasteiger partial charge in [0.25, 0.3) is 0 Å². The second-order valence-corrected chi connectivity index (χ2v) is 5.92. The minimum absolute atomic E-state index is 0.237. The number of nitrogens with zero attached hydrogens (tertiary/aromatic N) is 2. The third-order valence-corrected chi connectivity index (χ3v) is 4.16. The van der Waals surface area contributed by atoms with E-state index in [0.717, 1.165) is 11.4 Å². The lowest BCUT2D eigenvalue weighted by Crippen LogP contribution is -2.53. The molecule has 0 aliphatic carbocycles. The van der Waals surface area contributed by atoms with Crippen LogP contribution in [0, 0.1) is 11.8 Å². The topological polar surface area (TPSA) is 98.3 Å². The second-order valence-electron chi connectivity index (χ2n) is 5.92. The number of fused-ring (bicyclic) bond motifs is 1. The molecule has 1 aliphatic rings. The Kier molecular flexibility index (Phi) is 4.50. The third kappa shape index (κ3) is 3.34. The number of hydrogen-bond donors (Lipinski definition) is 3. The number of amides is 2. The van der Waals surface area contributed by atoms with Gasteiger partial charge in [0.05, 0.1) is 24.3 Å². The van der Waals surface area contributed by atoms with Crippen LogP contribution in [0.15, 0.2) is 6.33 Å². The van der Waals surface area contributed by atoms with Crippen molar-refractivity contribution in [2.24, 2.45) is 11.8 Å². The highest BCUT2D eigenvalue weighted by Crippen LogP contribution is 2.21. The van der Waals surface area contributed by atoms with E-state index in [1.54, 1.807) is 0 Å². The van der Waals surface area contributed by atoms with Crippen molar-refractivity contribution in [2.75, 3.05) is 6.54 Å². The maximum absolute atomic E-state index is 12.3. The number of carboxylic acids is 1. The Hall–Kier alpha value is -2.05. The first-order valence-electron chi connectivity index (χ1n) is 7.18. The zero-order valence-electron chi connectivity index (χ0n) is 12.6. The molecule has 2 unspecified atom stereocenters. The van der Waals surface area contributed by atoms with E-state index in [-0.39, 0.29) is 19.0 Å². The Labute approximate surface area is 123 Å². The summed E-state index contributed by atoms with van der Waals surface area (Å²) in [4.78, 5) is 32.1. The van der Waals surface area contributed by atoms with Crippen molar-refractivity contribution in [1.82, 2.24) is 20.2 Å². The molecule has 116 valence electrons. The Morgan fingerprint density at radius 3 is 2.86 bits per heavy atom. The Morgan fingerprint density at radius 1 is 1.52 bits per heavy atom. The van der Waals surface area contributed by atoms with Crippen molar-refractivity contribution in [3.8, 4) is 0 Å². The first-order valence-corrected chi connectivity index (χ1v) is 7.18. The fourth-order valence-corrected chi connectivity index (χ4v) is 2.26. The average molecular weight is 294 g/mol. The van der Waals surface area contributed by atoms with Crippen molar-refractivity contribution >= 4 is 12.0 Å². The number of hydrogen-bond acceptors (Lipinski definition) is 3. The number of carbonyl (C=O) groups excluding carboxylic acids is 1. The molecule has 7 heteroatoms. The monoisotopic (exact) mass is 294 g/mol. The lowest BCUT2D eigenvalue weighted by Gasteiger charge is -2.32. The van der Waals surface area contributed by atoms with E-state index in [1.807, 2.05) is 0 Å². The van der Waals surface area contributed by atoms with Gasteiger partial charge in [-0.1, -0.05) is 20.8 Å². The quantitative estimate of drug-likeness (QED) is 0.777. The van der Waals surface area contributed by atoms with Crippen LogP contribution in [0.2, 0.25) is 0 Å². The van der Waals surface area contributed by atoms with Gasteiger partial charge in [-0.3, -0.25) is 0 Å². The first kappa shape index (κ1) is 15.3. The molecule has 1 aromatic heterocycles. The largest absolute Gasteiger partial charge is 0.480 e. The second kappa shape index (κ2) is 6.15. The minimum atomic E-state index is -1.00. The molecule has 2 rings (SSSR count). The fraction of sp³-hybridized carbons (Fsp3) is 0.643. The number of carbonyl (C=O) groups is 2. The first-order chi connectivity index (χ1) is 9.90. The van der Waals surface area contributed by atoms with E-state index >= 15 is 0 Å². The van der Waals surface area contributed by atoms with Crippen LogP contribution in [0.4, 0.5) is 4.79 Å². The summed E-state index contributed by atoms with van der Waals surface area (Å²) < 4.78 is 0. The van der Waals surface area contributed by atoms with Gasteiger partial charge in [0.2, 0.25) is 0 Å².